The number of benzene rings is 1. The Balaban J connectivity index is 1.94. The Morgan fingerprint density at radius 3 is 2.55 bits per heavy atom. The summed E-state index contributed by atoms with van der Waals surface area (Å²) in [6.07, 6.45) is 3.81. The minimum Gasteiger partial charge on any atom is -0.383 e. The lowest BCUT2D eigenvalue weighted by atomic mass is 10.0. The lowest BCUT2D eigenvalue weighted by Gasteiger charge is -2.32. The summed E-state index contributed by atoms with van der Waals surface area (Å²) in [6.45, 7) is 3.75. The molecule has 0 radical (unpaired) electrons. The first-order valence-electron chi connectivity index (χ1n) is 7.30. The highest BCUT2D eigenvalue weighted by Crippen LogP contribution is 2.18. The Kier molecular flexibility index (Phi) is 5.05. The second kappa shape index (κ2) is 6.59. The van der Waals surface area contributed by atoms with Crippen molar-refractivity contribution in [3.05, 3.63) is 24.3 Å². The van der Waals surface area contributed by atoms with Crippen molar-refractivity contribution in [2.45, 2.75) is 37.1 Å². The molecule has 0 aliphatic carbocycles. The lowest BCUT2D eigenvalue weighted by molar-refractivity contribution is 0.194. The fraction of sp³-hybridized carbons (Fsp3) is 0.600. The van der Waals surface area contributed by atoms with Gasteiger partial charge in [-0.05, 0) is 50.7 Å². The largest absolute Gasteiger partial charge is 0.383 e. The highest BCUT2D eigenvalue weighted by atomic mass is 32.2. The third-order valence-corrected chi connectivity index (χ3v) is 5.81. The van der Waals surface area contributed by atoms with E-state index < -0.39 is 9.84 Å². The van der Waals surface area contributed by atoms with Gasteiger partial charge in [0, 0.05) is 18.3 Å². The SMILES string of the molecule is CCS(=O)(=O)c1ccc(NCC2CCCCN2C)cc1. The number of hydrogen-bond donors (Lipinski definition) is 1. The van der Waals surface area contributed by atoms with E-state index in [-0.39, 0.29) is 5.75 Å². The van der Waals surface area contributed by atoms with Gasteiger partial charge >= 0.3 is 0 Å². The number of piperidine rings is 1. The van der Waals surface area contributed by atoms with E-state index in [1.165, 1.54) is 25.8 Å². The molecule has 1 heterocycles. The van der Waals surface area contributed by atoms with E-state index in [1.807, 2.05) is 12.1 Å². The molecule has 1 aromatic carbocycles. The highest BCUT2D eigenvalue weighted by molar-refractivity contribution is 7.91. The van der Waals surface area contributed by atoms with E-state index in [9.17, 15) is 8.42 Å². The molecule has 1 atom stereocenters. The number of rotatable bonds is 5. The molecular formula is C15H24N2O2S. The maximum absolute atomic E-state index is 11.7. The first-order valence-corrected chi connectivity index (χ1v) is 8.95. The molecule has 1 unspecified atom stereocenters. The molecule has 4 nitrogen and oxygen atoms in total. The van der Waals surface area contributed by atoms with E-state index in [0.29, 0.717) is 10.9 Å². The summed E-state index contributed by atoms with van der Waals surface area (Å²) in [4.78, 5) is 2.80. The lowest BCUT2D eigenvalue weighted by Crippen LogP contribution is -2.40. The molecular weight excluding hydrogens is 272 g/mol. The van der Waals surface area contributed by atoms with Gasteiger partial charge in [-0.3, -0.25) is 0 Å². The standard InChI is InChI=1S/C15H24N2O2S/c1-3-20(18,19)15-9-7-13(8-10-15)16-12-14-6-4-5-11-17(14)2/h7-10,14,16H,3-6,11-12H2,1-2H3. The van der Waals surface area contributed by atoms with Crippen molar-refractivity contribution in [2.24, 2.45) is 0 Å². The van der Waals surface area contributed by atoms with Gasteiger partial charge in [-0.1, -0.05) is 13.3 Å². The third kappa shape index (κ3) is 3.73. The zero-order valence-electron chi connectivity index (χ0n) is 12.3. The van der Waals surface area contributed by atoms with Crippen LogP contribution in [0.3, 0.4) is 0 Å². The topological polar surface area (TPSA) is 49.4 Å². The Labute approximate surface area is 122 Å². The Bertz CT molecular complexity index is 525. The molecule has 0 saturated carbocycles. The number of likely N-dealkylation sites (tertiary alicyclic amines) is 1. The average molecular weight is 296 g/mol. The summed E-state index contributed by atoms with van der Waals surface area (Å²) in [7, 11) is -0.926. The summed E-state index contributed by atoms with van der Waals surface area (Å²) in [6, 6.07) is 7.65. The van der Waals surface area contributed by atoms with Crippen molar-refractivity contribution in [1.82, 2.24) is 4.90 Å². The average Bonchev–Trinajstić information content (AvgIpc) is 2.47. The quantitative estimate of drug-likeness (QED) is 0.906. The molecule has 1 aliphatic heterocycles. The molecule has 0 bridgehead atoms. The Morgan fingerprint density at radius 2 is 1.95 bits per heavy atom. The Morgan fingerprint density at radius 1 is 1.25 bits per heavy atom. The van der Waals surface area contributed by atoms with Crippen LogP contribution >= 0.6 is 0 Å². The van der Waals surface area contributed by atoms with Crippen LogP contribution in [0.4, 0.5) is 5.69 Å². The predicted molar refractivity (Wildman–Crippen MR) is 82.9 cm³/mol. The number of nitrogens with zero attached hydrogens (tertiary/aromatic N) is 1. The van der Waals surface area contributed by atoms with E-state index in [1.54, 1.807) is 19.1 Å². The van der Waals surface area contributed by atoms with E-state index in [2.05, 4.69) is 17.3 Å². The Hall–Kier alpha value is -1.07. The fourth-order valence-corrected chi connectivity index (χ4v) is 3.47. The third-order valence-electron chi connectivity index (χ3n) is 4.06. The molecule has 1 aliphatic rings. The van der Waals surface area contributed by atoms with Crippen LogP contribution in [0.1, 0.15) is 26.2 Å². The van der Waals surface area contributed by atoms with Crippen LogP contribution in [-0.2, 0) is 9.84 Å². The first-order chi connectivity index (χ1) is 9.53. The summed E-state index contributed by atoms with van der Waals surface area (Å²) >= 11 is 0. The van der Waals surface area contributed by atoms with Crippen molar-refractivity contribution >= 4 is 15.5 Å². The monoisotopic (exact) mass is 296 g/mol. The normalized spacial score (nSPS) is 20.8. The van der Waals surface area contributed by atoms with Gasteiger partial charge in [-0.25, -0.2) is 8.42 Å². The van der Waals surface area contributed by atoms with Gasteiger partial charge in [0.2, 0.25) is 0 Å². The zero-order valence-corrected chi connectivity index (χ0v) is 13.1. The number of likely N-dealkylation sites (N-methyl/N-ethyl adjacent to an activating group) is 1. The van der Waals surface area contributed by atoms with Crippen LogP contribution in [0.25, 0.3) is 0 Å². The molecule has 0 aromatic heterocycles. The van der Waals surface area contributed by atoms with Crippen molar-refractivity contribution in [3.8, 4) is 0 Å². The smallest absolute Gasteiger partial charge is 0.178 e. The predicted octanol–water partition coefficient (Wildman–Crippen LogP) is 2.38. The van der Waals surface area contributed by atoms with Crippen molar-refractivity contribution in [1.29, 1.82) is 0 Å². The maximum Gasteiger partial charge on any atom is 0.178 e. The van der Waals surface area contributed by atoms with Gasteiger partial charge in [0.1, 0.15) is 0 Å². The minimum atomic E-state index is -3.10. The number of nitrogens with one attached hydrogen (secondary N) is 1. The summed E-state index contributed by atoms with van der Waals surface area (Å²) in [5, 5.41) is 3.40. The molecule has 0 spiro atoms. The van der Waals surface area contributed by atoms with Crippen molar-refractivity contribution < 1.29 is 8.42 Å². The van der Waals surface area contributed by atoms with Crippen molar-refractivity contribution in [2.75, 3.05) is 31.2 Å². The number of sulfone groups is 1. The molecule has 1 saturated heterocycles. The molecule has 0 amide bonds. The van der Waals surface area contributed by atoms with Gasteiger partial charge in [-0.15, -0.1) is 0 Å². The van der Waals surface area contributed by atoms with Crippen LogP contribution in [-0.4, -0.2) is 45.2 Å². The van der Waals surface area contributed by atoms with Crippen molar-refractivity contribution in [3.63, 3.8) is 0 Å². The molecule has 112 valence electrons. The van der Waals surface area contributed by atoms with Crippen LogP contribution in [0.5, 0.6) is 0 Å². The molecule has 1 N–H and O–H groups in total. The highest BCUT2D eigenvalue weighted by Gasteiger charge is 2.18. The summed E-state index contributed by atoms with van der Waals surface area (Å²) in [5.41, 5.74) is 0.985. The number of hydrogen-bond acceptors (Lipinski definition) is 4. The van der Waals surface area contributed by atoms with Crippen LogP contribution < -0.4 is 5.32 Å². The first kappa shape index (κ1) is 15.3. The molecule has 1 aromatic rings. The van der Waals surface area contributed by atoms with Gasteiger partial charge in [0.05, 0.1) is 10.6 Å². The van der Waals surface area contributed by atoms with Gasteiger partial charge in [0.25, 0.3) is 0 Å². The molecule has 2 rings (SSSR count). The second-order valence-electron chi connectivity index (χ2n) is 5.44. The second-order valence-corrected chi connectivity index (χ2v) is 7.72. The fourth-order valence-electron chi connectivity index (χ4n) is 2.58. The van der Waals surface area contributed by atoms with Gasteiger partial charge in [0.15, 0.2) is 9.84 Å². The van der Waals surface area contributed by atoms with Gasteiger partial charge < -0.3 is 10.2 Å². The number of anilines is 1. The summed E-state index contributed by atoms with van der Waals surface area (Å²) < 4.78 is 23.5. The maximum atomic E-state index is 11.7. The molecule has 1 fully saturated rings. The van der Waals surface area contributed by atoms with E-state index in [4.69, 9.17) is 0 Å². The zero-order chi connectivity index (χ0) is 14.6. The van der Waals surface area contributed by atoms with E-state index >= 15 is 0 Å². The minimum absolute atomic E-state index is 0.145. The van der Waals surface area contributed by atoms with Gasteiger partial charge in [-0.2, -0.15) is 0 Å². The van der Waals surface area contributed by atoms with Crippen LogP contribution in [0.2, 0.25) is 0 Å². The van der Waals surface area contributed by atoms with Crippen LogP contribution in [0.15, 0.2) is 29.2 Å². The molecule has 5 heteroatoms. The van der Waals surface area contributed by atoms with Crippen LogP contribution in [0, 0.1) is 0 Å². The summed E-state index contributed by atoms with van der Waals surface area (Å²) in [5.74, 6) is 0.145. The molecule has 20 heavy (non-hydrogen) atoms. The van der Waals surface area contributed by atoms with E-state index in [0.717, 1.165) is 12.2 Å².